The third-order valence-electron chi connectivity index (χ3n) is 4.16. The van der Waals surface area contributed by atoms with Gasteiger partial charge in [0, 0.05) is 23.5 Å². The highest BCUT2D eigenvalue weighted by Crippen LogP contribution is 2.19. The number of amides is 2. The highest BCUT2D eigenvalue weighted by atomic mass is 16.4. The van der Waals surface area contributed by atoms with Crippen LogP contribution in [0.1, 0.15) is 20.7 Å². The predicted octanol–water partition coefficient (Wildman–Crippen LogP) is -0.634. The van der Waals surface area contributed by atoms with E-state index >= 15 is 0 Å². The van der Waals surface area contributed by atoms with E-state index in [4.69, 9.17) is 20.4 Å². The minimum atomic E-state index is -1.41. The lowest BCUT2D eigenvalue weighted by atomic mass is 10.1. The van der Waals surface area contributed by atoms with Gasteiger partial charge in [-0.25, -0.2) is 0 Å². The molecule has 0 aliphatic carbocycles. The summed E-state index contributed by atoms with van der Waals surface area (Å²) in [6, 6.07) is 4.89. The van der Waals surface area contributed by atoms with Crippen molar-refractivity contribution in [1.29, 1.82) is 0 Å². The Labute approximate surface area is 190 Å². The molecule has 0 saturated carbocycles. The maximum atomic E-state index is 12.6. The first-order chi connectivity index (χ1) is 16.0. The number of hydrogen-bond acceptors (Lipinski definition) is 8. The van der Waals surface area contributed by atoms with Gasteiger partial charge in [0.1, 0.15) is 26.2 Å². The smallest absolute Gasteiger partial charge is 0.323 e. The Bertz CT molecular complexity index is 1030. The number of rotatable bonds is 11. The molecule has 2 aromatic heterocycles. The van der Waals surface area contributed by atoms with Gasteiger partial charge < -0.3 is 30.2 Å². The van der Waals surface area contributed by atoms with Crippen LogP contribution in [0.25, 0.3) is 11.4 Å². The van der Waals surface area contributed by atoms with Crippen LogP contribution in [0.4, 0.5) is 0 Å². The molecular formula is C20H18N4O10. The quantitative estimate of drug-likeness (QED) is 0.320. The summed E-state index contributed by atoms with van der Waals surface area (Å²) in [5.41, 5.74) is -0.0583. The highest BCUT2D eigenvalue weighted by Gasteiger charge is 2.23. The van der Waals surface area contributed by atoms with Gasteiger partial charge in [-0.3, -0.25) is 38.7 Å². The van der Waals surface area contributed by atoms with Crippen LogP contribution < -0.4 is 0 Å². The van der Waals surface area contributed by atoms with E-state index in [9.17, 15) is 28.8 Å². The summed E-state index contributed by atoms with van der Waals surface area (Å²) in [7, 11) is 0. The van der Waals surface area contributed by atoms with E-state index in [1.54, 1.807) is 0 Å². The number of carboxylic acids is 4. The molecule has 2 amide bonds. The van der Waals surface area contributed by atoms with Crippen molar-refractivity contribution in [3.05, 3.63) is 47.8 Å². The molecular weight excluding hydrogens is 456 g/mol. The fraction of sp³-hybridized carbons (Fsp3) is 0.200. The molecule has 0 bridgehead atoms. The van der Waals surface area contributed by atoms with Crippen molar-refractivity contribution >= 4 is 35.7 Å². The number of carbonyl (C=O) groups is 6. The van der Waals surface area contributed by atoms with Crippen molar-refractivity contribution < 1.29 is 49.2 Å². The van der Waals surface area contributed by atoms with E-state index in [-0.39, 0.29) is 22.5 Å². The molecule has 14 heteroatoms. The van der Waals surface area contributed by atoms with Crippen molar-refractivity contribution in [2.75, 3.05) is 26.2 Å². The summed E-state index contributed by atoms with van der Waals surface area (Å²) in [5, 5.41) is 35.8. The number of carboxylic acid groups (broad SMARTS) is 4. The molecule has 2 rings (SSSR count). The Balaban J connectivity index is 2.37. The monoisotopic (exact) mass is 474 g/mol. The van der Waals surface area contributed by atoms with Crippen molar-refractivity contribution in [2.45, 2.75) is 0 Å². The van der Waals surface area contributed by atoms with Crippen LogP contribution in [0.5, 0.6) is 0 Å². The van der Waals surface area contributed by atoms with Crippen molar-refractivity contribution in [1.82, 2.24) is 19.8 Å². The molecule has 0 spiro atoms. The van der Waals surface area contributed by atoms with Crippen molar-refractivity contribution in [2.24, 2.45) is 0 Å². The van der Waals surface area contributed by atoms with Crippen LogP contribution in [-0.2, 0) is 19.2 Å². The summed E-state index contributed by atoms with van der Waals surface area (Å²) in [4.78, 5) is 78.5. The summed E-state index contributed by atoms with van der Waals surface area (Å²) < 4.78 is 0. The predicted molar refractivity (Wildman–Crippen MR) is 110 cm³/mol. The van der Waals surface area contributed by atoms with Gasteiger partial charge in [-0.15, -0.1) is 0 Å². The molecule has 4 N–H and O–H groups in total. The minimum Gasteiger partial charge on any atom is -0.480 e. The summed E-state index contributed by atoms with van der Waals surface area (Å²) in [6.45, 7) is -3.41. The van der Waals surface area contributed by atoms with Gasteiger partial charge in [0.15, 0.2) is 0 Å². The van der Waals surface area contributed by atoms with Gasteiger partial charge in [0.2, 0.25) is 0 Å². The van der Waals surface area contributed by atoms with Gasteiger partial charge in [-0.1, -0.05) is 0 Å². The molecule has 0 fully saturated rings. The number of pyridine rings is 2. The van der Waals surface area contributed by atoms with Crippen LogP contribution in [0.2, 0.25) is 0 Å². The molecule has 2 heterocycles. The summed E-state index contributed by atoms with van der Waals surface area (Å²) >= 11 is 0. The zero-order chi connectivity index (χ0) is 25.4. The number of hydrogen-bond donors (Lipinski definition) is 4. The lowest BCUT2D eigenvalue weighted by Gasteiger charge is -2.19. The van der Waals surface area contributed by atoms with Gasteiger partial charge in [-0.05, 0) is 24.3 Å². The average Bonchev–Trinajstić information content (AvgIpc) is 2.76. The number of aromatic nitrogens is 2. The van der Waals surface area contributed by atoms with Gasteiger partial charge in [0.05, 0.1) is 11.4 Å². The fourth-order valence-electron chi connectivity index (χ4n) is 2.82. The molecule has 0 unspecified atom stereocenters. The van der Waals surface area contributed by atoms with Crippen LogP contribution in [-0.4, -0.2) is 102 Å². The Kier molecular flexibility index (Phi) is 8.30. The lowest BCUT2D eigenvalue weighted by Crippen LogP contribution is -2.39. The van der Waals surface area contributed by atoms with E-state index in [0.717, 1.165) is 0 Å². The fourth-order valence-corrected chi connectivity index (χ4v) is 2.82. The molecule has 14 nitrogen and oxygen atoms in total. The maximum Gasteiger partial charge on any atom is 0.323 e. The molecule has 178 valence electrons. The zero-order valence-electron chi connectivity index (χ0n) is 17.3. The molecule has 0 aliphatic heterocycles. The largest absolute Gasteiger partial charge is 0.480 e. The summed E-state index contributed by atoms with van der Waals surface area (Å²) in [6.07, 6.45) is 2.39. The lowest BCUT2D eigenvalue weighted by molar-refractivity contribution is -0.142. The Morgan fingerprint density at radius 2 is 0.882 bits per heavy atom. The number of aliphatic carboxylic acids is 4. The highest BCUT2D eigenvalue weighted by molar-refractivity contribution is 5.99. The zero-order valence-corrected chi connectivity index (χ0v) is 17.3. The van der Waals surface area contributed by atoms with E-state index in [1.165, 1.54) is 36.7 Å². The van der Waals surface area contributed by atoms with Crippen molar-refractivity contribution in [3.63, 3.8) is 0 Å². The van der Waals surface area contributed by atoms with Crippen molar-refractivity contribution in [3.8, 4) is 11.4 Å². The second-order valence-corrected chi connectivity index (χ2v) is 6.76. The molecule has 2 aromatic rings. The normalized spacial score (nSPS) is 10.2. The van der Waals surface area contributed by atoms with Gasteiger partial charge >= 0.3 is 23.9 Å². The minimum absolute atomic E-state index is 0.0640. The average molecular weight is 474 g/mol. The van der Waals surface area contributed by atoms with Gasteiger partial charge in [0.25, 0.3) is 11.8 Å². The first-order valence-corrected chi connectivity index (χ1v) is 9.36. The second kappa shape index (κ2) is 11.1. The van der Waals surface area contributed by atoms with Crippen LogP contribution in [0.3, 0.4) is 0 Å². The van der Waals surface area contributed by atoms with E-state index in [1.807, 2.05) is 0 Å². The van der Waals surface area contributed by atoms with Gasteiger partial charge in [-0.2, -0.15) is 0 Å². The molecule has 0 atom stereocenters. The molecule has 34 heavy (non-hydrogen) atoms. The standard InChI is InChI=1S/C20H18N4O10/c25-15(26)7-23(8-16(27)28)19(33)11-1-3-21-13(5-11)14-6-12(2-4-22-14)20(34)24(9-17(29)30)10-18(31)32/h1-6H,7-10H2,(H,25,26)(H,27,28)(H,29,30)(H,31,32). The SMILES string of the molecule is O=C(O)CN(CC(=O)O)C(=O)c1ccnc(-c2cc(C(=O)N(CC(=O)O)CC(=O)O)ccn2)c1. The molecule has 0 aliphatic rings. The Hall–Kier alpha value is -4.88. The van der Waals surface area contributed by atoms with Crippen LogP contribution in [0, 0.1) is 0 Å². The maximum absolute atomic E-state index is 12.6. The molecule has 0 aromatic carbocycles. The number of carbonyl (C=O) groups excluding carboxylic acids is 2. The van der Waals surface area contributed by atoms with E-state index in [0.29, 0.717) is 9.80 Å². The number of nitrogens with zero attached hydrogens (tertiary/aromatic N) is 4. The molecule has 0 radical (unpaired) electrons. The topological polar surface area (TPSA) is 216 Å². The van der Waals surface area contributed by atoms with Crippen LogP contribution in [0.15, 0.2) is 36.7 Å². The summed E-state index contributed by atoms with van der Waals surface area (Å²) in [5.74, 6) is -7.44. The van der Waals surface area contributed by atoms with E-state index < -0.39 is 61.9 Å². The first-order valence-electron chi connectivity index (χ1n) is 9.36. The van der Waals surface area contributed by atoms with E-state index in [2.05, 4.69) is 9.97 Å². The third-order valence-corrected chi connectivity index (χ3v) is 4.16. The molecule has 0 saturated heterocycles. The second-order valence-electron chi connectivity index (χ2n) is 6.76. The Morgan fingerprint density at radius 3 is 1.15 bits per heavy atom. The first kappa shape index (κ1) is 25.4. The Morgan fingerprint density at radius 1 is 0.588 bits per heavy atom. The third kappa shape index (κ3) is 7.08. The van der Waals surface area contributed by atoms with Crippen LogP contribution >= 0.6 is 0 Å².